The van der Waals surface area contributed by atoms with Gasteiger partial charge in [-0.3, -0.25) is 5.10 Å². The SMILES string of the molecule is CN(Cc1ncn[nH]1)S(=O)(=O)CCCl. The van der Waals surface area contributed by atoms with E-state index in [2.05, 4.69) is 15.2 Å². The molecule has 0 aliphatic carbocycles. The second kappa shape index (κ2) is 4.72. The molecular formula is C6H11ClN4O2S. The molecule has 0 bridgehead atoms. The van der Waals surface area contributed by atoms with Gasteiger partial charge in [0, 0.05) is 12.9 Å². The summed E-state index contributed by atoms with van der Waals surface area (Å²) in [6.07, 6.45) is 1.33. The maximum Gasteiger partial charge on any atom is 0.215 e. The molecule has 0 fully saturated rings. The van der Waals surface area contributed by atoms with Crippen LogP contribution < -0.4 is 0 Å². The fourth-order valence-electron chi connectivity index (χ4n) is 0.870. The fourth-order valence-corrected chi connectivity index (χ4v) is 2.28. The van der Waals surface area contributed by atoms with Crippen LogP contribution in [0.15, 0.2) is 6.33 Å². The summed E-state index contributed by atoms with van der Waals surface area (Å²) in [6, 6.07) is 0. The largest absolute Gasteiger partial charge is 0.262 e. The van der Waals surface area contributed by atoms with Crippen molar-refractivity contribution >= 4 is 21.6 Å². The number of sulfonamides is 1. The van der Waals surface area contributed by atoms with E-state index in [0.717, 1.165) is 0 Å². The minimum Gasteiger partial charge on any atom is -0.262 e. The van der Waals surface area contributed by atoms with E-state index in [4.69, 9.17) is 11.6 Å². The van der Waals surface area contributed by atoms with Gasteiger partial charge in [0.1, 0.15) is 12.2 Å². The number of hydrogen-bond donors (Lipinski definition) is 1. The lowest BCUT2D eigenvalue weighted by molar-refractivity contribution is 0.458. The van der Waals surface area contributed by atoms with Crippen LogP contribution in [0, 0.1) is 0 Å². The zero-order valence-electron chi connectivity index (χ0n) is 7.64. The first-order valence-electron chi connectivity index (χ1n) is 3.90. The smallest absolute Gasteiger partial charge is 0.215 e. The van der Waals surface area contributed by atoms with Crippen molar-refractivity contribution in [2.45, 2.75) is 6.54 Å². The number of rotatable bonds is 5. The van der Waals surface area contributed by atoms with Gasteiger partial charge < -0.3 is 0 Å². The Balaban J connectivity index is 2.62. The molecule has 0 saturated heterocycles. The summed E-state index contributed by atoms with van der Waals surface area (Å²) in [5.41, 5.74) is 0. The van der Waals surface area contributed by atoms with Crippen molar-refractivity contribution < 1.29 is 8.42 Å². The summed E-state index contributed by atoms with van der Waals surface area (Å²) in [6.45, 7) is 0.180. The minimum atomic E-state index is -3.27. The van der Waals surface area contributed by atoms with Crippen molar-refractivity contribution in [1.29, 1.82) is 0 Å². The van der Waals surface area contributed by atoms with E-state index in [1.165, 1.54) is 17.7 Å². The molecule has 1 N–H and O–H groups in total. The molecule has 0 atom stereocenters. The Bertz CT molecular complexity index is 363. The van der Waals surface area contributed by atoms with Crippen molar-refractivity contribution in [3.63, 3.8) is 0 Å². The lowest BCUT2D eigenvalue weighted by Crippen LogP contribution is -2.29. The number of nitrogens with zero attached hydrogens (tertiary/aromatic N) is 3. The lowest BCUT2D eigenvalue weighted by atomic mass is 10.6. The zero-order chi connectivity index (χ0) is 10.6. The third-order valence-electron chi connectivity index (χ3n) is 1.65. The normalized spacial score (nSPS) is 12.2. The summed E-state index contributed by atoms with van der Waals surface area (Å²) in [5.74, 6) is 0.521. The topological polar surface area (TPSA) is 79.0 Å². The van der Waals surface area contributed by atoms with Crippen molar-refractivity contribution in [3.05, 3.63) is 12.2 Å². The Hall–Kier alpha value is -0.660. The molecule has 8 heteroatoms. The Morgan fingerprint density at radius 3 is 2.86 bits per heavy atom. The van der Waals surface area contributed by atoms with Crippen molar-refractivity contribution in [2.24, 2.45) is 0 Å². The molecular weight excluding hydrogens is 228 g/mol. The predicted octanol–water partition coefficient (Wildman–Crippen LogP) is -0.195. The van der Waals surface area contributed by atoms with Crippen molar-refractivity contribution in [3.8, 4) is 0 Å². The van der Waals surface area contributed by atoms with Gasteiger partial charge in [0.05, 0.1) is 12.3 Å². The van der Waals surface area contributed by atoms with Gasteiger partial charge in [0.15, 0.2) is 0 Å². The van der Waals surface area contributed by atoms with E-state index < -0.39 is 10.0 Å². The molecule has 0 aliphatic rings. The monoisotopic (exact) mass is 238 g/mol. The second-order valence-corrected chi connectivity index (χ2v) is 5.27. The van der Waals surface area contributed by atoms with Gasteiger partial charge in [-0.2, -0.15) is 9.40 Å². The van der Waals surface area contributed by atoms with Crippen LogP contribution in [0.1, 0.15) is 5.82 Å². The highest BCUT2D eigenvalue weighted by Crippen LogP contribution is 2.03. The molecule has 14 heavy (non-hydrogen) atoms. The molecule has 0 spiro atoms. The molecule has 1 aromatic rings. The molecule has 0 aromatic carbocycles. The molecule has 1 aromatic heterocycles. The van der Waals surface area contributed by atoms with E-state index in [9.17, 15) is 8.42 Å². The maximum absolute atomic E-state index is 11.4. The summed E-state index contributed by atoms with van der Waals surface area (Å²) >= 11 is 5.37. The zero-order valence-corrected chi connectivity index (χ0v) is 9.22. The van der Waals surface area contributed by atoms with Gasteiger partial charge in [-0.05, 0) is 0 Å². The fraction of sp³-hybridized carbons (Fsp3) is 0.667. The number of halogens is 1. The molecule has 1 heterocycles. The van der Waals surface area contributed by atoms with Crippen LogP contribution in [0.2, 0.25) is 0 Å². The lowest BCUT2D eigenvalue weighted by Gasteiger charge is -2.14. The van der Waals surface area contributed by atoms with E-state index in [1.54, 1.807) is 0 Å². The first kappa shape index (κ1) is 11.4. The highest BCUT2D eigenvalue weighted by atomic mass is 35.5. The van der Waals surface area contributed by atoms with Crippen LogP contribution >= 0.6 is 11.6 Å². The average Bonchev–Trinajstić information content (AvgIpc) is 2.56. The van der Waals surface area contributed by atoms with E-state index in [1.807, 2.05) is 0 Å². The third-order valence-corrected chi connectivity index (χ3v) is 3.86. The molecule has 0 aliphatic heterocycles. The predicted molar refractivity (Wildman–Crippen MR) is 52.4 cm³/mol. The Kier molecular flexibility index (Phi) is 3.85. The number of H-pyrrole nitrogens is 1. The van der Waals surface area contributed by atoms with E-state index >= 15 is 0 Å². The minimum absolute atomic E-state index is 0.0702. The van der Waals surface area contributed by atoms with Gasteiger partial charge in [-0.15, -0.1) is 11.6 Å². The van der Waals surface area contributed by atoms with Gasteiger partial charge in [-0.1, -0.05) is 0 Å². The third kappa shape index (κ3) is 2.93. The first-order valence-corrected chi connectivity index (χ1v) is 6.05. The number of hydrogen-bond acceptors (Lipinski definition) is 4. The van der Waals surface area contributed by atoms with E-state index in [0.29, 0.717) is 5.82 Å². The van der Waals surface area contributed by atoms with Crippen molar-refractivity contribution in [1.82, 2.24) is 19.5 Å². The molecule has 80 valence electrons. The highest BCUT2D eigenvalue weighted by molar-refractivity contribution is 7.89. The van der Waals surface area contributed by atoms with Gasteiger partial charge in [0.25, 0.3) is 0 Å². The van der Waals surface area contributed by atoms with Crippen LogP contribution in [-0.4, -0.2) is 46.6 Å². The van der Waals surface area contributed by atoms with Crippen molar-refractivity contribution in [2.75, 3.05) is 18.7 Å². The van der Waals surface area contributed by atoms with Crippen LogP contribution in [0.5, 0.6) is 0 Å². The molecule has 0 saturated carbocycles. The van der Waals surface area contributed by atoms with Crippen LogP contribution in [-0.2, 0) is 16.6 Å². The number of nitrogens with one attached hydrogen (secondary N) is 1. The summed E-state index contributed by atoms with van der Waals surface area (Å²) in [5, 5.41) is 6.20. The molecule has 0 radical (unpaired) electrons. The van der Waals surface area contributed by atoms with Crippen LogP contribution in [0.4, 0.5) is 0 Å². The Labute approximate surface area is 87.3 Å². The number of aromatic nitrogens is 3. The summed E-state index contributed by atoms with van der Waals surface area (Å²) in [4.78, 5) is 3.82. The second-order valence-electron chi connectivity index (χ2n) is 2.69. The molecule has 6 nitrogen and oxygen atoms in total. The standard InChI is InChI=1S/C6H11ClN4O2S/c1-11(14(12,13)3-2-7)4-6-8-5-9-10-6/h5H,2-4H2,1H3,(H,8,9,10). The molecule has 0 unspecified atom stereocenters. The molecule has 0 amide bonds. The highest BCUT2D eigenvalue weighted by Gasteiger charge is 2.17. The number of aromatic amines is 1. The van der Waals surface area contributed by atoms with Crippen LogP contribution in [0.25, 0.3) is 0 Å². The van der Waals surface area contributed by atoms with Crippen LogP contribution in [0.3, 0.4) is 0 Å². The quantitative estimate of drug-likeness (QED) is 0.721. The van der Waals surface area contributed by atoms with Gasteiger partial charge in [-0.25, -0.2) is 13.4 Å². The maximum atomic E-state index is 11.4. The van der Waals surface area contributed by atoms with E-state index in [-0.39, 0.29) is 18.2 Å². The summed E-state index contributed by atoms with van der Waals surface area (Å²) < 4.78 is 24.1. The first-order chi connectivity index (χ1) is 6.56. The Morgan fingerprint density at radius 1 is 1.64 bits per heavy atom. The van der Waals surface area contributed by atoms with Gasteiger partial charge >= 0.3 is 0 Å². The molecule has 1 rings (SSSR count). The summed E-state index contributed by atoms with van der Waals surface area (Å²) in [7, 11) is -1.80. The number of alkyl halides is 1. The Morgan fingerprint density at radius 2 is 2.36 bits per heavy atom. The average molecular weight is 239 g/mol. The van der Waals surface area contributed by atoms with Gasteiger partial charge in [0.2, 0.25) is 10.0 Å².